The van der Waals surface area contributed by atoms with Crippen LogP contribution in [0.15, 0.2) is 24.3 Å². The molecule has 1 aromatic carbocycles. The Hall–Kier alpha value is -1.59. The molecule has 1 aromatic rings. The molecule has 0 spiro atoms. The monoisotopic (exact) mass is 264 g/mol. The van der Waals surface area contributed by atoms with Gasteiger partial charge in [-0.25, -0.2) is 4.79 Å². The van der Waals surface area contributed by atoms with E-state index in [-0.39, 0.29) is 12.2 Å². The summed E-state index contributed by atoms with van der Waals surface area (Å²) in [4.78, 5) is 13.4. The number of hydrogen-bond donors (Lipinski definition) is 1. The van der Waals surface area contributed by atoms with Gasteiger partial charge in [0, 0.05) is 13.1 Å². The first-order chi connectivity index (χ1) is 9.24. The molecule has 1 amide bonds. The zero-order chi connectivity index (χ0) is 13.7. The zero-order valence-electron chi connectivity index (χ0n) is 11.2. The Labute approximate surface area is 113 Å². The van der Waals surface area contributed by atoms with Gasteiger partial charge in [0.2, 0.25) is 0 Å². The van der Waals surface area contributed by atoms with Crippen LogP contribution in [0.25, 0.3) is 0 Å². The van der Waals surface area contributed by atoms with Crippen molar-refractivity contribution >= 4 is 6.09 Å². The second-order valence-corrected chi connectivity index (χ2v) is 4.45. The van der Waals surface area contributed by atoms with E-state index in [0.29, 0.717) is 32.8 Å². The fourth-order valence-corrected chi connectivity index (χ4v) is 2.10. The van der Waals surface area contributed by atoms with Gasteiger partial charge in [-0.05, 0) is 18.1 Å². The minimum atomic E-state index is -0.269. The van der Waals surface area contributed by atoms with E-state index in [1.54, 1.807) is 11.8 Å². The first-order valence-corrected chi connectivity index (χ1v) is 6.56. The first kappa shape index (κ1) is 13.8. The van der Waals surface area contributed by atoms with Crippen molar-refractivity contribution in [2.24, 2.45) is 5.73 Å². The van der Waals surface area contributed by atoms with Gasteiger partial charge >= 0.3 is 6.09 Å². The highest BCUT2D eigenvalue weighted by Gasteiger charge is 2.25. The fraction of sp³-hybridized carbons (Fsp3) is 0.500. The van der Waals surface area contributed by atoms with Crippen LogP contribution in [0, 0.1) is 0 Å². The Morgan fingerprint density at radius 3 is 2.84 bits per heavy atom. The van der Waals surface area contributed by atoms with Gasteiger partial charge in [0.05, 0.1) is 19.8 Å². The van der Waals surface area contributed by atoms with Crippen molar-refractivity contribution < 1.29 is 14.3 Å². The minimum absolute atomic E-state index is 0.0926. The summed E-state index contributed by atoms with van der Waals surface area (Å²) in [7, 11) is 0. The van der Waals surface area contributed by atoms with Crippen LogP contribution in [0.5, 0.6) is 0 Å². The third-order valence-electron chi connectivity index (χ3n) is 3.18. The van der Waals surface area contributed by atoms with E-state index in [1.165, 1.54) is 0 Å². The maximum absolute atomic E-state index is 11.7. The molecule has 1 atom stereocenters. The molecular formula is C14H20N2O3. The van der Waals surface area contributed by atoms with Crippen molar-refractivity contribution in [2.75, 3.05) is 26.3 Å². The van der Waals surface area contributed by atoms with Crippen molar-refractivity contribution in [3.05, 3.63) is 35.4 Å². The maximum Gasteiger partial charge on any atom is 0.409 e. The third-order valence-corrected chi connectivity index (χ3v) is 3.18. The Kier molecular flexibility index (Phi) is 4.76. The summed E-state index contributed by atoms with van der Waals surface area (Å²) >= 11 is 0. The number of nitrogens with two attached hydrogens (primary N) is 1. The molecule has 1 unspecified atom stereocenters. The molecule has 19 heavy (non-hydrogen) atoms. The number of amides is 1. The Morgan fingerprint density at radius 2 is 2.21 bits per heavy atom. The van der Waals surface area contributed by atoms with E-state index in [1.807, 2.05) is 24.3 Å². The Balaban J connectivity index is 2.01. The second-order valence-electron chi connectivity index (χ2n) is 4.45. The molecule has 5 heteroatoms. The smallest absolute Gasteiger partial charge is 0.409 e. The lowest BCUT2D eigenvalue weighted by molar-refractivity contribution is -0.0279. The molecule has 1 heterocycles. The van der Waals surface area contributed by atoms with E-state index >= 15 is 0 Å². The molecule has 1 saturated heterocycles. The molecule has 1 fully saturated rings. The van der Waals surface area contributed by atoms with Gasteiger partial charge in [-0.1, -0.05) is 24.3 Å². The lowest BCUT2D eigenvalue weighted by Crippen LogP contribution is -2.42. The molecule has 0 radical (unpaired) electrons. The number of ether oxygens (including phenoxy) is 2. The summed E-state index contributed by atoms with van der Waals surface area (Å²) in [5, 5.41) is 0. The average Bonchev–Trinajstić information content (AvgIpc) is 2.48. The highest BCUT2D eigenvalue weighted by molar-refractivity contribution is 5.67. The van der Waals surface area contributed by atoms with E-state index in [9.17, 15) is 4.79 Å². The highest BCUT2D eigenvalue weighted by atomic mass is 16.6. The number of rotatable bonds is 3. The van der Waals surface area contributed by atoms with E-state index < -0.39 is 0 Å². The SMILES string of the molecule is CCOC(=O)N1CCOC(c2ccc(CN)cc2)C1. The second kappa shape index (κ2) is 6.54. The molecule has 0 aliphatic carbocycles. The maximum atomic E-state index is 11.7. The summed E-state index contributed by atoms with van der Waals surface area (Å²) in [6.07, 6.45) is -0.362. The molecule has 2 N–H and O–H groups in total. The average molecular weight is 264 g/mol. The predicted octanol–water partition coefficient (Wildman–Crippen LogP) is 1.68. The molecule has 0 bridgehead atoms. The summed E-state index contributed by atoms with van der Waals surface area (Å²) in [5.41, 5.74) is 7.72. The van der Waals surface area contributed by atoms with Gasteiger partial charge in [0.15, 0.2) is 0 Å². The lowest BCUT2D eigenvalue weighted by Gasteiger charge is -2.32. The van der Waals surface area contributed by atoms with Crippen LogP contribution in [-0.4, -0.2) is 37.3 Å². The van der Waals surface area contributed by atoms with Crippen LogP contribution in [0.2, 0.25) is 0 Å². The van der Waals surface area contributed by atoms with E-state index in [2.05, 4.69) is 0 Å². The Morgan fingerprint density at radius 1 is 1.47 bits per heavy atom. The third kappa shape index (κ3) is 3.45. The summed E-state index contributed by atoms with van der Waals surface area (Å²) in [6, 6.07) is 7.98. The molecule has 5 nitrogen and oxygen atoms in total. The summed E-state index contributed by atoms with van der Waals surface area (Å²) < 4.78 is 10.7. The van der Waals surface area contributed by atoms with Crippen molar-refractivity contribution in [3.8, 4) is 0 Å². The standard InChI is InChI=1S/C14H20N2O3/c1-2-18-14(17)16-7-8-19-13(10-16)12-5-3-11(9-15)4-6-12/h3-6,13H,2,7-10,15H2,1H3. The van der Waals surface area contributed by atoms with Crippen molar-refractivity contribution in [1.29, 1.82) is 0 Å². The topological polar surface area (TPSA) is 64.8 Å². The molecule has 104 valence electrons. The summed E-state index contributed by atoms with van der Waals surface area (Å²) in [5.74, 6) is 0. The molecular weight excluding hydrogens is 244 g/mol. The predicted molar refractivity (Wildman–Crippen MR) is 71.6 cm³/mol. The number of hydrogen-bond acceptors (Lipinski definition) is 4. The van der Waals surface area contributed by atoms with Crippen molar-refractivity contribution in [2.45, 2.75) is 19.6 Å². The number of morpholine rings is 1. The van der Waals surface area contributed by atoms with E-state index in [0.717, 1.165) is 11.1 Å². The number of carbonyl (C=O) groups is 1. The van der Waals surface area contributed by atoms with Crippen LogP contribution in [0.3, 0.4) is 0 Å². The Bertz CT molecular complexity index is 419. The van der Waals surface area contributed by atoms with Crippen LogP contribution >= 0.6 is 0 Å². The van der Waals surface area contributed by atoms with E-state index in [4.69, 9.17) is 15.2 Å². The minimum Gasteiger partial charge on any atom is -0.450 e. The lowest BCUT2D eigenvalue weighted by atomic mass is 10.1. The largest absolute Gasteiger partial charge is 0.450 e. The van der Waals surface area contributed by atoms with Gasteiger partial charge in [0.25, 0.3) is 0 Å². The zero-order valence-corrected chi connectivity index (χ0v) is 11.2. The first-order valence-electron chi connectivity index (χ1n) is 6.56. The summed E-state index contributed by atoms with van der Waals surface area (Å²) in [6.45, 7) is 4.37. The van der Waals surface area contributed by atoms with Gasteiger partial charge < -0.3 is 20.1 Å². The van der Waals surface area contributed by atoms with Gasteiger partial charge in [-0.15, -0.1) is 0 Å². The number of nitrogens with zero attached hydrogens (tertiary/aromatic N) is 1. The van der Waals surface area contributed by atoms with Crippen LogP contribution in [-0.2, 0) is 16.0 Å². The van der Waals surface area contributed by atoms with Crippen LogP contribution in [0.1, 0.15) is 24.2 Å². The molecule has 1 aliphatic rings. The van der Waals surface area contributed by atoms with Gasteiger partial charge in [-0.3, -0.25) is 0 Å². The number of benzene rings is 1. The van der Waals surface area contributed by atoms with Crippen molar-refractivity contribution in [3.63, 3.8) is 0 Å². The fourth-order valence-electron chi connectivity index (χ4n) is 2.10. The molecule has 2 rings (SSSR count). The van der Waals surface area contributed by atoms with Crippen molar-refractivity contribution in [1.82, 2.24) is 4.90 Å². The quantitative estimate of drug-likeness (QED) is 0.902. The highest BCUT2D eigenvalue weighted by Crippen LogP contribution is 2.23. The normalized spacial score (nSPS) is 19.3. The van der Waals surface area contributed by atoms with Crippen LogP contribution in [0.4, 0.5) is 4.79 Å². The molecule has 0 saturated carbocycles. The van der Waals surface area contributed by atoms with Gasteiger partial charge in [-0.2, -0.15) is 0 Å². The molecule has 0 aromatic heterocycles. The molecule has 1 aliphatic heterocycles. The van der Waals surface area contributed by atoms with Gasteiger partial charge in [0.1, 0.15) is 6.10 Å². The van der Waals surface area contributed by atoms with Crippen LogP contribution < -0.4 is 5.73 Å². The number of carbonyl (C=O) groups excluding carboxylic acids is 1.